The molecule has 0 fully saturated rings. The number of esters is 1. The molecule has 0 bridgehead atoms. The van der Waals surface area contributed by atoms with Gasteiger partial charge < -0.3 is 15.2 Å². The molecule has 0 aromatic carbocycles. The molecule has 0 saturated heterocycles. The van der Waals surface area contributed by atoms with Crippen LogP contribution in [0.4, 0.5) is 5.82 Å². The van der Waals surface area contributed by atoms with Crippen molar-refractivity contribution in [2.45, 2.75) is 13.3 Å². The van der Waals surface area contributed by atoms with Gasteiger partial charge in [-0.3, -0.25) is 4.79 Å². The van der Waals surface area contributed by atoms with Gasteiger partial charge in [0.2, 0.25) is 0 Å². The van der Waals surface area contributed by atoms with Crippen LogP contribution in [0.5, 0.6) is 0 Å². The fourth-order valence-electron chi connectivity index (χ4n) is 1.78. The van der Waals surface area contributed by atoms with Crippen LogP contribution < -0.4 is 5.32 Å². The van der Waals surface area contributed by atoms with Crippen LogP contribution in [0.25, 0.3) is 10.2 Å². The minimum atomic E-state index is -0.889. The van der Waals surface area contributed by atoms with Gasteiger partial charge in [0.25, 0.3) is 0 Å². The molecule has 0 unspecified atom stereocenters. The number of carbonyl (C=O) groups is 2. The van der Waals surface area contributed by atoms with E-state index in [-0.39, 0.29) is 13.0 Å². The Bertz CT molecular complexity index is 668. The number of hydrogen-bond donors (Lipinski definition) is 2. The van der Waals surface area contributed by atoms with Crippen molar-refractivity contribution >= 4 is 39.3 Å². The van der Waals surface area contributed by atoms with Crippen molar-refractivity contribution in [3.63, 3.8) is 0 Å². The highest BCUT2D eigenvalue weighted by Gasteiger charge is 2.19. The average Bonchev–Trinajstić information content (AvgIpc) is 2.76. The van der Waals surface area contributed by atoms with Crippen molar-refractivity contribution in [2.75, 3.05) is 19.0 Å². The third-order valence-electron chi connectivity index (χ3n) is 2.73. The first-order valence-corrected chi connectivity index (χ1v) is 6.64. The van der Waals surface area contributed by atoms with Crippen molar-refractivity contribution in [1.29, 1.82) is 0 Å². The molecular weight excluding hydrogens is 282 g/mol. The maximum Gasteiger partial charge on any atom is 0.348 e. The fraction of sp³-hybridized carbons (Fsp3) is 0.333. The Morgan fingerprint density at radius 2 is 2.20 bits per heavy atom. The van der Waals surface area contributed by atoms with Crippen LogP contribution in [-0.2, 0) is 9.53 Å². The third kappa shape index (κ3) is 2.69. The fourth-order valence-corrected chi connectivity index (χ4v) is 2.85. The number of methoxy groups -OCH3 is 1. The first-order valence-electron chi connectivity index (χ1n) is 5.82. The molecule has 0 amide bonds. The number of fused-ring (bicyclic) bond motifs is 1. The molecule has 2 N–H and O–H groups in total. The SMILES string of the molecule is COC(=O)c1sc2ncnc(NCCC(=O)O)c2c1C. The highest BCUT2D eigenvalue weighted by molar-refractivity contribution is 7.20. The number of carboxylic acids is 1. The van der Waals surface area contributed by atoms with Crippen LogP contribution >= 0.6 is 11.3 Å². The lowest BCUT2D eigenvalue weighted by atomic mass is 10.2. The molecule has 0 saturated carbocycles. The molecule has 2 aromatic rings. The number of carbonyl (C=O) groups excluding carboxylic acids is 1. The minimum Gasteiger partial charge on any atom is -0.481 e. The highest BCUT2D eigenvalue weighted by Crippen LogP contribution is 2.33. The number of aliphatic carboxylic acids is 1. The van der Waals surface area contributed by atoms with E-state index in [2.05, 4.69) is 15.3 Å². The minimum absolute atomic E-state index is 0.0153. The zero-order chi connectivity index (χ0) is 14.7. The number of aryl methyl sites for hydroxylation is 1. The first-order chi connectivity index (χ1) is 9.54. The van der Waals surface area contributed by atoms with Gasteiger partial charge in [-0.05, 0) is 12.5 Å². The molecule has 2 rings (SSSR count). The van der Waals surface area contributed by atoms with Gasteiger partial charge in [-0.1, -0.05) is 0 Å². The van der Waals surface area contributed by atoms with Crippen LogP contribution in [0.1, 0.15) is 21.7 Å². The van der Waals surface area contributed by atoms with E-state index in [4.69, 9.17) is 9.84 Å². The molecule has 0 aliphatic heterocycles. The topological polar surface area (TPSA) is 101 Å². The molecule has 8 heteroatoms. The van der Waals surface area contributed by atoms with Crippen LogP contribution in [-0.4, -0.2) is 40.7 Å². The van der Waals surface area contributed by atoms with E-state index in [0.717, 1.165) is 10.9 Å². The van der Waals surface area contributed by atoms with E-state index in [1.807, 2.05) is 0 Å². The summed E-state index contributed by atoms with van der Waals surface area (Å²) in [6, 6.07) is 0. The summed E-state index contributed by atoms with van der Waals surface area (Å²) in [6.07, 6.45) is 1.36. The number of rotatable bonds is 5. The second kappa shape index (κ2) is 5.83. The first kappa shape index (κ1) is 14.2. The summed E-state index contributed by atoms with van der Waals surface area (Å²) >= 11 is 1.23. The van der Waals surface area contributed by atoms with Crippen molar-refractivity contribution in [2.24, 2.45) is 0 Å². The largest absolute Gasteiger partial charge is 0.481 e. The molecule has 0 radical (unpaired) electrons. The van der Waals surface area contributed by atoms with E-state index in [9.17, 15) is 9.59 Å². The summed E-state index contributed by atoms with van der Waals surface area (Å²) < 4.78 is 4.72. The molecule has 0 atom stereocenters. The Kier molecular flexibility index (Phi) is 4.14. The monoisotopic (exact) mass is 295 g/mol. The second-order valence-electron chi connectivity index (χ2n) is 4.02. The van der Waals surface area contributed by atoms with E-state index >= 15 is 0 Å². The van der Waals surface area contributed by atoms with Crippen molar-refractivity contribution < 1.29 is 19.4 Å². The second-order valence-corrected chi connectivity index (χ2v) is 5.02. The summed E-state index contributed by atoms with van der Waals surface area (Å²) in [7, 11) is 1.32. The van der Waals surface area contributed by atoms with E-state index in [1.54, 1.807) is 6.92 Å². The van der Waals surface area contributed by atoms with Crippen molar-refractivity contribution in [3.8, 4) is 0 Å². The predicted molar refractivity (Wildman–Crippen MR) is 74.2 cm³/mol. The molecule has 7 nitrogen and oxygen atoms in total. The predicted octanol–water partition coefficient (Wildman–Crippen LogP) is 1.67. The molecule has 106 valence electrons. The number of anilines is 1. The number of ether oxygens (including phenoxy) is 1. The summed E-state index contributed by atoms with van der Waals surface area (Å²) in [6.45, 7) is 2.04. The number of nitrogens with one attached hydrogen (secondary N) is 1. The van der Waals surface area contributed by atoms with Gasteiger partial charge in [-0.15, -0.1) is 11.3 Å². The van der Waals surface area contributed by atoms with Gasteiger partial charge in [-0.25, -0.2) is 14.8 Å². The molecule has 2 aromatic heterocycles. The average molecular weight is 295 g/mol. The maximum atomic E-state index is 11.7. The van der Waals surface area contributed by atoms with Crippen LogP contribution in [0, 0.1) is 6.92 Å². The standard InChI is InChI=1S/C12H13N3O4S/c1-6-8-10(13-4-3-7(16)17)14-5-15-11(8)20-9(6)12(18)19-2/h5H,3-4H2,1-2H3,(H,16,17)(H,13,14,15). The van der Waals surface area contributed by atoms with E-state index in [0.29, 0.717) is 15.5 Å². The maximum absolute atomic E-state index is 11.7. The number of hydrogen-bond acceptors (Lipinski definition) is 7. The van der Waals surface area contributed by atoms with Gasteiger partial charge in [0, 0.05) is 6.54 Å². The Labute approximate surface area is 118 Å². The van der Waals surface area contributed by atoms with E-state index in [1.165, 1.54) is 24.8 Å². The molecule has 20 heavy (non-hydrogen) atoms. The summed E-state index contributed by atoms with van der Waals surface area (Å²) in [5.41, 5.74) is 0.732. The Morgan fingerprint density at radius 1 is 1.45 bits per heavy atom. The number of thiophene rings is 1. The quantitative estimate of drug-likeness (QED) is 0.809. The zero-order valence-corrected chi connectivity index (χ0v) is 11.8. The Hall–Kier alpha value is -2.22. The Morgan fingerprint density at radius 3 is 2.85 bits per heavy atom. The lowest BCUT2D eigenvalue weighted by Gasteiger charge is -2.05. The molecule has 0 aliphatic rings. The Balaban J connectivity index is 2.38. The van der Waals surface area contributed by atoms with Gasteiger partial charge >= 0.3 is 11.9 Å². The number of nitrogens with zero attached hydrogens (tertiary/aromatic N) is 2. The normalized spacial score (nSPS) is 10.5. The number of carboxylic acid groups (broad SMARTS) is 1. The molecule has 0 aliphatic carbocycles. The van der Waals surface area contributed by atoms with E-state index < -0.39 is 11.9 Å². The summed E-state index contributed by atoms with van der Waals surface area (Å²) in [4.78, 5) is 31.5. The lowest BCUT2D eigenvalue weighted by molar-refractivity contribution is -0.136. The van der Waals surface area contributed by atoms with Gasteiger partial charge in [-0.2, -0.15) is 0 Å². The lowest BCUT2D eigenvalue weighted by Crippen LogP contribution is -2.09. The highest BCUT2D eigenvalue weighted by atomic mass is 32.1. The van der Waals surface area contributed by atoms with Gasteiger partial charge in [0.1, 0.15) is 21.9 Å². The van der Waals surface area contributed by atoms with Crippen molar-refractivity contribution in [1.82, 2.24) is 9.97 Å². The van der Waals surface area contributed by atoms with Crippen LogP contribution in [0.3, 0.4) is 0 Å². The molecule has 0 spiro atoms. The zero-order valence-electron chi connectivity index (χ0n) is 11.0. The van der Waals surface area contributed by atoms with Gasteiger partial charge in [0.05, 0.1) is 18.9 Å². The van der Waals surface area contributed by atoms with Crippen molar-refractivity contribution in [3.05, 3.63) is 16.8 Å². The smallest absolute Gasteiger partial charge is 0.348 e. The molecular formula is C12H13N3O4S. The van der Waals surface area contributed by atoms with Crippen LogP contribution in [0.2, 0.25) is 0 Å². The van der Waals surface area contributed by atoms with Crippen LogP contribution in [0.15, 0.2) is 6.33 Å². The summed E-state index contributed by atoms with van der Waals surface area (Å²) in [5, 5.41) is 12.3. The molecule has 2 heterocycles. The number of aromatic nitrogens is 2. The van der Waals surface area contributed by atoms with Gasteiger partial charge in [0.15, 0.2) is 0 Å². The third-order valence-corrected chi connectivity index (χ3v) is 3.91. The summed E-state index contributed by atoms with van der Waals surface area (Å²) in [5.74, 6) is -0.776.